The molecule has 0 bridgehead atoms. The molecule has 0 amide bonds. The van der Waals surface area contributed by atoms with E-state index >= 15 is 0 Å². The molecule has 0 spiro atoms. The lowest BCUT2D eigenvalue weighted by molar-refractivity contribution is 0.533. The van der Waals surface area contributed by atoms with Crippen LogP contribution in [0.15, 0.2) is 58.0 Å². The summed E-state index contributed by atoms with van der Waals surface area (Å²) in [5.74, 6) is 0.514. The highest BCUT2D eigenvalue weighted by atomic mass is 79.9. The summed E-state index contributed by atoms with van der Waals surface area (Å²) in [6.45, 7) is 2.69. The van der Waals surface area contributed by atoms with Crippen LogP contribution in [0.3, 0.4) is 0 Å². The quantitative estimate of drug-likeness (QED) is 0.869. The van der Waals surface area contributed by atoms with E-state index in [9.17, 15) is 0 Å². The molecule has 21 heavy (non-hydrogen) atoms. The van der Waals surface area contributed by atoms with Gasteiger partial charge in [-0.05, 0) is 42.8 Å². The number of aliphatic imine (C=N–C) groups is 1. The number of guanidine groups is 1. The van der Waals surface area contributed by atoms with Crippen LogP contribution in [0, 0.1) is 0 Å². The van der Waals surface area contributed by atoms with Gasteiger partial charge in [0.15, 0.2) is 5.96 Å². The van der Waals surface area contributed by atoms with Gasteiger partial charge in [0.2, 0.25) is 0 Å². The van der Waals surface area contributed by atoms with E-state index in [2.05, 4.69) is 27.8 Å². The maximum absolute atomic E-state index is 6.39. The molecule has 1 unspecified atom stereocenters. The Labute approximate surface area is 137 Å². The van der Waals surface area contributed by atoms with Crippen molar-refractivity contribution in [3.05, 3.63) is 63.6 Å². The first-order chi connectivity index (χ1) is 10.0. The zero-order valence-electron chi connectivity index (χ0n) is 11.6. The number of halogens is 2. The molecule has 0 saturated carbocycles. The Kier molecular flexibility index (Phi) is 3.68. The largest absolute Gasteiger partial charge is 0.369 e. The van der Waals surface area contributed by atoms with Crippen LogP contribution in [0.2, 0.25) is 5.02 Å². The van der Waals surface area contributed by atoms with Gasteiger partial charge in [-0.3, -0.25) is 4.99 Å². The SMILES string of the molecule is CC1(c2ccccc2Cl)CN=C(N)N1c1ccc(Br)cc1. The average molecular weight is 365 g/mol. The molecule has 108 valence electrons. The van der Waals surface area contributed by atoms with Crippen LogP contribution in [0.4, 0.5) is 5.69 Å². The van der Waals surface area contributed by atoms with Gasteiger partial charge in [0.25, 0.3) is 0 Å². The zero-order chi connectivity index (χ0) is 15.0. The van der Waals surface area contributed by atoms with E-state index in [1.807, 2.05) is 53.4 Å². The van der Waals surface area contributed by atoms with Crippen molar-refractivity contribution >= 4 is 39.2 Å². The molecule has 0 saturated heterocycles. The zero-order valence-corrected chi connectivity index (χ0v) is 13.9. The van der Waals surface area contributed by atoms with Crippen molar-refractivity contribution < 1.29 is 0 Å². The number of hydrogen-bond acceptors (Lipinski definition) is 3. The fraction of sp³-hybridized carbons (Fsp3) is 0.188. The van der Waals surface area contributed by atoms with E-state index in [1.54, 1.807) is 0 Å². The second-order valence-corrected chi connectivity index (χ2v) is 6.56. The number of nitrogens with zero attached hydrogens (tertiary/aromatic N) is 2. The van der Waals surface area contributed by atoms with Crippen molar-refractivity contribution in [3.8, 4) is 0 Å². The Balaban J connectivity index is 2.10. The number of nitrogens with two attached hydrogens (primary N) is 1. The number of benzene rings is 2. The van der Waals surface area contributed by atoms with Gasteiger partial charge in [-0.15, -0.1) is 0 Å². The summed E-state index contributed by atoms with van der Waals surface area (Å²) >= 11 is 9.85. The van der Waals surface area contributed by atoms with E-state index in [0.717, 1.165) is 20.7 Å². The molecule has 2 aromatic carbocycles. The maximum Gasteiger partial charge on any atom is 0.196 e. The Morgan fingerprint density at radius 2 is 1.86 bits per heavy atom. The van der Waals surface area contributed by atoms with Gasteiger partial charge in [0, 0.05) is 15.2 Å². The first-order valence-corrected chi connectivity index (χ1v) is 7.80. The third kappa shape index (κ3) is 2.43. The van der Waals surface area contributed by atoms with Crippen LogP contribution in [0.25, 0.3) is 0 Å². The molecule has 5 heteroatoms. The minimum atomic E-state index is -0.379. The highest BCUT2D eigenvalue weighted by Gasteiger charge is 2.41. The van der Waals surface area contributed by atoms with Crippen molar-refractivity contribution in [2.24, 2.45) is 10.7 Å². The van der Waals surface area contributed by atoms with Gasteiger partial charge < -0.3 is 10.6 Å². The third-order valence-corrected chi connectivity index (χ3v) is 4.67. The summed E-state index contributed by atoms with van der Waals surface area (Å²) in [6.07, 6.45) is 0. The molecule has 1 atom stereocenters. The Morgan fingerprint density at radius 3 is 2.52 bits per heavy atom. The van der Waals surface area contributed by atoms with Gasteiger partial charge in [0.05, 0.1) is 12.1 Å². The van der Waals surface area contributed by atoms with Crippen LogP contribution >= 0.6 is 27.5 Å². The van der Waals surface area contributed by atoms with Gasteiger partial charge in [-0.2, -0.15) is 0 Å². The lowest BCUT2D eigenvalue weighted by atomic mass is 9.90. The minimum Gasteiger partial charge on any atom is -0.369 e. The molecule has 0 aliphatic carbocycles. The molecule has 0 fully saturated rings. The predicted octanol–water partition coefficient (Wildman–Crippen LogP) is 4.15. The predicted molar refractivity (Wildman–Crippen MR) is 91.9 cm³/mol. The molecular formula is C16H15BrClN3. The van der Waals surface area contributed by atoms with Crippen LogP contribution in [-0.2, 0) is 5.54 Å². The summed E-state index contributed by atoms with van der Waals surface area (Å²) in [5.41, 5.74) is 7.78. The molecular weight excluding hydrogens is 350 g/mol. The smallest absolute Gasteiger partial charge is 0.196 e. The first kappa shape index (κ1) is 14.4. The van der Waals surface area contributed by atoms with Gasteiger partial charge >= 0.3 is 0 Å². The molecule has 0 aromatic heterocycles. The van der Waals surface area contributed by atoms with Crippen molar-refractivity contribution in [2.75, 3.05) is 11.4 Å². The normalized spacial score (nSPS) is 21.5. The molecule has 3 nitrogen and oxygen atoms in total. The van der Waals surface area contributed by atoms with Gasteiger partial charge in [-0.1, -0.05) is 45.7 Å². The number of rotatable bonds is 2. The van der Waals surface area contributed by atoms with Crippen molar-refractivity contribution in [2.45, 2.75) is 12.5 Å². The van der Waals surface area contributed by atoms with E-state index < -0.39 is 0 Å². The van der Waals surface area contributed by atoms with Crippen LogP contribution in [0.1, 0.15) is 12.5 Å². The van der Waals surface area contributed by atoms with Gasteiger partial charge in [0.1, 0.15) is 0 Å². The van der Waals surface area contributed by atoms with Crippen molar-refractivity contribution in [1.82, 2.24) is 0 Å². The fourth-order valence-electron chi connectivity index (χ4n) is 2.74. The summed E-state index contributed by atoms with van der Waals surface area (Å²) in [7, 11) is 0. The highest BCUT2D eigenvalue weighted by Crippen LogP contribution is 2.39. The van der Waals surface area contributed by atoms with Crippen LogP contribution < -0.4 is 10.6 Å². The van der Waals surface area contributed by atoms with E-state index in [-0.39, 0.29) is 5.54 Å². The summed E-state index contributed by atoms with van der Waals surface area (Å²) in [5, 5.41) is 0.729. The maximum atomic E-state index is 6.39. The highest BCUT2D eigenvalue weighted by molar-refractivity contribution is 9.10. The molecule has 2 aromatic rings. The van der Waals surface area contributed by atoms with E-state index in [4.69, 9.17) is 17.3 Å². The minimum absolute atomic E-state index is 0.379. The van der Waals surface area contributed by atoms with E-state index in [1.165, 1.54) is 0 Å². The second-order valence-electron chi connectivity index (χ2n) is 5.24. The van der Waals surface area contributed by atoms with Crippen molar-refractivity contribution in [3.63, 3.8) is 0 Å². The summed E-state index contributed by atoms with van der Waals surface area (Å²) in [4.78, 5) is 6.48. The summed E-state index contributed by atoms with van der Waals surface area (Å²) in [6, 6.07) is 15.9. The molecule has 1 heterocycles. The second kappa shape index (κ2) is 5.35. The summed E-state index contributed by atoms with van der Waals surface area (Å²) < 4.78 is 1.03. The Bertz CT molecular complexity index is 699. The molecule has 2 N–H and O–H groups in total. The van der Waals surface area contributed by atoms with E-state index in [0.29, 0.717) is 12.5 Å². The van der Waals surface area contributed by atoms with Gasteiger partial charge in [-0.25, -0.2) is 0 Å². The number of hydrogen-bond donors (Lipinski definition) is 1. The fourth-order valence-corrected chi connectivity index (χ4v) is 3.34. The Hall–Kier alpha value is -1.52. The number of anilines is 1. The molecule has 0 radical (unpaired) electrons. The lowest BCUT2D eigenvalue weighted by Crippen LogP contribution is -2.47. The van der Waals surface area contributed by atoms with Crippen LogP contribution in [-0.4, -0.2) is 12.5 Å². The average Bonchev–Trinajstić information content (AvgIpc) is 2.77. The first-order valence-electron chi connectivity index (χ1n) is 6.63. The molecule has 1 aliphatic heterocycles. The standard InChI is InChI=1S/C16H15BrClN3/c1-16(13-4-2-3-5-14(13)18)10-20-15(19)21(16)12-8-6-11(17)7-9-12/h2-9H,10H2,1H3,(H2,19,20). The monoisotopic (exact) mass is 363 g/mol. The van der Waals surface area contributed by atoms with Crippen LogP contribution in [0.5, 0.6) is 0 Å². The van der Waals surface area contributed by atoms with Crippen molar-refractivity contribution in [1.29, 1.82) is 0 Å². The molecule has 1 aliphatic rings. The lowest BCUT2D eigenvalue weighted by Gasteiger charge is -2.37. The topological polar surface area (TPSA) is 41.6 Å². The Morgan fingerprint density at radius 1 is 1.19 bits per heavy atom. The molecule has 3 rings (SSSR count). The third-order valence-electron chi connectivity index (χ3n) is 3.81.